The molecule has 1 fully saturated rings. The van der Waals surface area contributed by atoms with E-state index in [1.807, 2.05) is 0 Å². The van der Waals surface area contributed by atoms with Crippen LogP contribution < -0.4 is 0 Å². The Morgan fingerprint density at radius 3 is 2.67 bits per heavy atom. The van der Waals surface area contributed by atoms with E-state index >= 15 is 0 Å². The van der Waals surface area contributed by atoms with E-state index in [0.29, 0.717) is 60.4 Å². The molecule has 9 heteroatoms. The van der Waals surface area contributed by atoms with Crippen LogP contribution in [0.4, 0.5) is 4.39 Å². The summed E-state index contributed by atoms with van der Waals surface area (Å²) in [6, 6.07) is 11.2. The van der Waals surface area contributed by atoms with Crippen LogP contribution in [0.15, 0.2) is 57.6 Å². The van der Waals surface area contributed by atoms with Gasteiger partial charge in [0.25, 0.3) is 5.91 Å². The number of aromatic amines is 1. The van der Waals surface area contributed by atoms with E-state index in [4.69, 9.17) is 8.83 Å². The Balaban J connectivity index is 1.22. The lowest BCUT2D eigenvalue weighted by molar-refractivity contribution is 0.0700. The molecule has 1 aromatic carbocycles. The van der Waals surface area contributed by atoms with Gasteiger partial charge in [0.15, 0.2) is 11.5 Å². The molecule has 152 valence electrons. The van der Waals surface area contributed by atoms with E-state index in [1.54, 1.807) is 41.5 Å². The summed E-state index contributed by atoms with van der Waals surface area (Å²) in [5.74, 6) is 1.18. The maximum absolute atomic E-state index is 13.1. The van der Waals surface area contributed by atoms with Crippen LogP contribution in [0.25, 0.3) is 22.9 Å². The molecule has 0 atom stereocenters. The largest absolute Gasteiger partial charge is 0.463 e. The quantitative estimate of drug-likeness (QED) is 0.551. The number of benzene rings is 1. The molecular weight excluding hydrogens is 389 g/mol. The van der Waals surface area contributed by atoms with E-state index in [1.165, 1.54) is 12.1 Å². The van der Waals surface area contributed by atoms with Crippen LogP contribution in [0.2, 0.25) is 0 Å². The third kappa shape index (κ3) is 3.49. The Morgan fingerprint density at radius 1 is 1.13 bits per heavy atom. The minimum Gasteiger partial charge on any atom is -0.463 e. The predicted octanol–water partition coefficient (Wildman–Crippen LogP) is 3.88. The normalized spacial score (nSPS) is 14.9. The average molecular weight is 407 g/mol. The second kappa shape index (κ2) is 7.58. The zero-order valence-corrected chi connectivity index (χ0v) is 15.9. The Kier molecular flexibility index (Phi) is 4.62. The summed E-state index contributed by atoms with van der Waals surface area (Å²) in [5, 5.41) is 15.2. The van der Waals surface area contributed by atoms with Gasteiger partial charge in [0.2, 0.25) is 11.8 Å². The number of aromatic nitrogens is 4. The molecule has 30 heavy (non-hydrogen) atoms. The third-order valence-corrected chi connectivity index (χ3v) is 5.25. The number of halogens is 1. The van der Waals surface area contributed by atoms with Crippen molar-refractivity contribution in [1.82, 2.24) is 25.3 Å². The van der Waals surface area contributed by atoms with Gasteiger partial charge in [-0.2, -0.15) is 5.10 Å². The van der Waals surface area contributed by atoms with Crippen LogP contribution in [0, 0.1) is 5.82 Å². The summed E-state index contributed by atoms with van der Waals surface area (Å²) in [5.41, 5.74) is 1.70. The molecule has 0 bridgehead atoms. The number of hydrogen-bond donors (Lipinski definition) is 1. The molecule has 0 unspecified atom stereocenters. The van der Waals surface area contributed by atoms with Crippen molar-refractivity contribution in [3.05, 3.63) is 66.1 Å². The Hall–Kier alpha value is -3.75. The van der Waals surface area contributed by atoms with Crippen molar-refractivity contribution in [2.75, 3.05) is 13.1 Å². The fourth-order valence-electron chi connectivity index (χ4n) is 3.59. The first-order chi connectivity index (χ1) is 14.7. The maximum atomic E-state index is 13.1. The maximum Gasteiger partial charge on any atom is 0.274 e. The molecule has 0 spiro atoms. The number of piperidine rings is 1. The number of carbonyl (C=O) groups excluding carboxylic acids is 1. The third-order valence-electron chi connectivity index (χ3n) is 5.25. The molecule has 1 saturated heterocycles. The second-order valence-corrected chi connectivity index (χ2v) is 7.16. The van der Waals surface area contributed by atoms with Gasteiger partial charge in [-0.05, 0) is 49.2 Å². The van der Waals surface area contributed by atoms with Gasteiger partial charge in [0.1, 0.15) is 11.5 Å². The predicted molar refractivity (Wildman–Crippen MR) is 104 cm³/mol. The van der Waals surface area contributed by atoms with Gasteiger partial charge < -0.3 is 13.7 Å². The summed E-state index contributed by atoms with van der Waals surface area (Å²) < 4.78 is 24.2. The molecule has 4 heterocycles. The highest BCUT2D eigenvalue weighted by Crippen LogP contribution is 2.30. The van der Waals surface area contributed by atoms with Crippen LogP contribution in [0.1, 0.15) is 35.1 Å². The van der Waals surface area contributed by atoms with Gasteiger partial charge in [-0.1, -0.05) is 0 Å². The van der Waals surface area contributed by atoms with Crippen molar-refractivity contribution in [2.24, 2.45) is 0 Å². The molecule has 0 saturated carbocycles. The zero-order chi connectivity index (χ0) is 20.5. The number of rotatable bonds is 4. The summed E-state index contributed by atoms with van der Waals surface area (Å²) in [6.07, 6.45) is 3.00. The molecular formula is C21H18FN5O3. The Labute approximate surface area is 170 Å². The van der Waals surface area contributed by atoms with Crippen molar-refractivity contribution in [2.45, 2.75) is 18.8 Å². The highest BCUT2D eigenvalue weighted by molar-refractivity contribution is 5.93. The Morgan fingerprint density at radius 2 is 1.93 bits per heavy atom. The molecule has 1 N–H and O–H groups in total. The monoisotopic (exact) mass is 407 g/mol. The van der Waals surface area contributed by atoms with Crippen LogP contribution >= 0.6 is 0 Å². The van der Waals surface area contributed by atoms with Crippen LogP contribution in [0.3, 0.4) is 0 Å². The molecule has 1 amide bonds. The van der Waals surface area contributed by atoms with Crippen molar-refractivity contribution >= 4 is 5.91 Å². The number of nitrogens with zero attached hydrogens (tertiary/aromatic N) is 4. The van der Waals surface area contributed by atoms with Gasteiger partial charge in [-0.3, -0.25) is 9.89 Å². The van der Waals surface area contributed by atoms with E-state index in [-0.39, 0.29) is 17.6 Å². The number of carbonyl (C=O) groups is 1. The van der Waals surface area contributed by atoms with Crippen LogP contribution in [-0.4, -0.2) is 44.3 Å². The van der Waals surface area contributed by atoms with Crippen molar-refractivity contribution in [1.29, 1.82) is 0 Å². The van der Waals surface area contributed by atoms with Crippen LogP contribution in [0.5, 0.6) is 0 Å². The number of nitrogens with one attached hydrogen (secondary N) is 1. The smallest absolute Gasteiger partial charge is 0.274 e. The number of furan rings is 1. The molecule has 8 nitrogen and oxygen atoms in total. The van der Waals surface area contributed by atoms with E-state index in [9.17, 15) is 9.18 Å². The lowest BCUT2D eigenvalue weighted by Gasteiger charge is -2.29. The number of hydrogen-bond acceptors (Lipinski definition) is 6. The van der Waals surface area contributed by atoms with Crippen molar-refractivity contribution in [3.8, 4) is 22.9 Å². The minimum atomic E-state index is -0.316. The molecule has 0 radical (unpaired) electrons. The summed E-state index contributed by atoms with van der Waals surface area (Å²) in [7, 11) is 0. The van der Waals surface area contributed by atoms with Gasteiger partial charge in [0.05, 0.1) is 6.26 Å². The Bertz CT molecular complexity index is 1140. The summed E-state index contributed by atoms with van der Waals surface area (Å²) in [4.78, 5) is 14.5. The minimum absolute atomic E-state index is 0.0774. The lowest BCUT2D eigenvalue weighted by atomic mass is 9.96. The lowest BCUT2D eigenvalue weighted by Crippen LogP contribution is -2.38. The van der Waals surface area contributed by atoms with Gasteiger partial charge in [-0.15, -0.1) is 10.2 Å². The van der Waals surface area contributed by atoms with Gasteiger partial charge in [-0.25, -0.2) is 4.39 Å². The zero-order valence-electron chi connectivity index (χ0n) is 15.9. The highest BCUT2D eigenvalue weighted by atomic mass is 19.1. The first kappa shape index (κ1) is 18.3. The van der Waals surface area contributed by atoms with E-state index in [2.05, 4.69) is 20.4 Å². The molecule has 1 aliphatic rings. The fourth-order valence-corrected chi connectivity index (χ4v) is 3.59. The number of amides is 1. The van der Waals surface area contributed by atoms with Crippen molar-refractivity contribution in [3.63, 3.8) is 0 Å². The molecule has 1 aliphatic heterocycles. The van der Waals surface area contributed by atoms with Crippen LogP contribution in [-0.2, 0) is 0 Å². The second-order valence-electron chi connectivity index (χ2n) is 7.16. The van der Waals surface area contributed by atoms with Gasteiger partial charge in [0, 0.05) is 30.6 Å². The molecule has 4 aromatic rings. The SMILES string of the molecule is O=C(c1cc(-c2ccco2)[nH]n1)N1CCC(c2nnc(-c3ccc(F)cc3)o2)CC1. The first-order valence-electron chi connectivity index (χ1n) is 9.65. The molecule has 3 aromatic heterocycles. The van der Waals surface area contributed by atoms with Gasteiger partial charge >= 0.3 is 0 Å². The van der Waals surface area contributed by atoms with E-state index in [0.717, 1.165) is 0 Å². The standard InChI is InChI=1S/C21H18FN5O3/c22-15-5-3-13(4-6-15)19-25-26-20(30-19)14-7-9-27(10-8-14)21(28)17-12-16(23-24-17)18-2-1-11-29-18/h1-6,11-12,14H,7-10H2,(H,23,24). The molecule has 5 rings (SSSR count). The van der Waals surface area contributed by atoms with Crippen molar-refractivity contribution < 1.29 is 18.0 Å². The molecule has 0 aliphatic carbocycles. The van der Waals surface area contributed by atoms with E-state index < -0.39 is 0 Å². The fraction of sp³-hybridized carbons (Fsp3) is 0.238. The summed E-state index contributed by atoms with van der Waals surface area (Å²) in [6.45, 7) is 1.14. The summed E-state index contributed by atoms with van der Waals surface area (Å²) >= 11 is 0. The number of likely N-dealkylation sites (tertiary alicyclic amines) is 1. The number of H-pyrrole nitrogens is 1. The average Bonchev–Trinajstić information content (AvgIpc) is 3.55. The first-order valence-corrected chi connectivity index (χ1v) is 9.65. The topological polar surface area (TPSA) is 101 Å². The highest BCUT2D eigenvalue weighted by Gasteiger charge is 2.29.